The monoisotopic (exact) mass is 312 g/mol. The molecule has 3 N–H and O–H groups in total. The van der Waals surface area contributed by atoms with Crippen molar-refractivity contribution in [2.24, 2.45) is 0 Å². The summed E-state index contributed by atoms with van der Waals surface area (Å²) in [6.45, 7) is 4.59. The third-order valence-corrected chi connectivity index (χ3v) is 3.84. The molecular formula is C16H20N6O. The molecule has 1 aliphatic rings. The number of nitrogen functional groups attached to an aromatic ring is 1. The van der Waals surface area contributed by atoms with Gasteiger partial charge in [-0.3, -0.25) is 4.79 Å². The largest absolute Gasteiger partial charge is 0.397 e. The fourth-order valence-corrected chi connectivity index (χ4v) is 2.65. The molecule has 0 fully saturated rings. The van der Waals surface area contributed by atoms with Crippen molar-refractivity contribution in [2.75, 3.05) is 41.5 Å². The molecule has 3 rings (SSSR count). The van der Waals surface area contributed by atoms with Crippen LogP contribution in [0.2, 0.25) is 0 Å². The average Bonchev–Trinajstić information content (AvgIpc) is 2.62. The zero-order valence-corrected chi connectivity index (χ0v) is 13.7. The highest BCUT2D eigenvalue weighted by atomic mass is 16.1. The third kappa shape index (κ3) is 2.44. The summed E-state index contributed by atoms with van der Waals surface area (Å²) in [6.07, 6.45) is 1.56. The maximum Gasteiger partial charge on any atom is 0.259 e. The number of nitrogens with two attached hydrogens (primary N) is 1. The van der Waals surface area contributed by atoms with Crippen molar-refractivity contribution in [1.82, 2.24) is 9.97 Å². The Labute approximate surface area is 135 Å². The Balaban J connectivity index is 2.28. The van der Waals surface area contributed by atoms with Crippen molar-refractivity contribution in [3.63, 3.8) is 0 Å². The van der Waals surface area contributed by atoms with Crippen LogP contribution in [0.5, 0.6) is 0 Å². The minimum atomic E-state index is -0.223. The summed E-state index contributed by atoms with van der Waals surface area (Å²) < 4.78 is 0. The molecule has 1 amide bonds. The van der Waals surface area contributed by atoms with Crippen LogP contribution in [0.3, 0.4) is 0 Å². The van der Waals surface area contributed by atoms with Crippen LogP contribution in [-0.2, 0) is 0 Å². The Hall–Kier alpha value is -2.83. The zero-order chi connectivity index (χ0) is 16.7. The lowest BCUT2D eigenvalue weighted by Gasteiger charge is -2.24. The Kier molecular flexibility index (Phi) is 3.55. The van der Waals surface area contributed by atoms with Crippen LogP contribution in [0.4, 0.5) is 28.8 Å². The molecule has 0 saturated heterocycles. The predicted molar refractivity (Wildman–Crippen MR) is 92.6 cm³/mol. The molecule has 3 heterocycles. The van der Waals surface area contributed by atoms with Gasteiger partial charge in [0.25, 0.3) is 5.91 Å². The number of amides is 1. The number of carbonyl (C=O) groups excluding carboxylic acids is 1. The first-order valence-corrected chi connectivity index (χ1v) is 7.45. The van der Waals surface area contributed by atoms with E-state index < -0.39 is 0 Å². The van der Waals surface area contributed by atoms with Crippen LogP contribution in [0.1, 0.15) is 22.8 Å². The highest BCUT2D eigenvalue weighted by molar-refractivity contribution is 6.12. The van der Waals surface area contributed by atoms with Crippen molar-refractivity contribution in [3.05, 3.63) is 29.5 Å². The van der Waals surface area contributed by atoms with Crippen LogP contribution in [0.25, 0.3) is 0 Å². The minimum Gasteiger partial charge on any atom is -0.397 e. The van der Waals surface area contributed by atoms with E-state index in [0.29, 0.717) is 35.1 Å². The maximum absolute atomic E-state index is 12.6. The fourth-order valence-electron chi connectivity index (χ4n) is 2.65. The topological polar surface area (TPSA) is 87.4 Å². The van der Waals surface area contributed by atoms with Crippen molar-refractivity contribution in [2.45, 2.75) is 13.8 Å². The number of anilines is 5. The maximum atomic E-state index is 12.6. The average molecular weight is 312 g/mol. The SMILES string of the molecule is CCN1c2ncc(N)cc2C(=O)Nc2c(C)cc(N(C)C)nc21. The number of aryl methyl sites for hydroxylation is 1. The number of rotatable bonds is 2. The molecule has 1 aliphatic heterocycles. The van der Waals surface area contributed by atoms with Crippen molar-refractivity contribution < 1.29 is 4.79 Å². The summed E-state index contributed by atoms with van der Waals surface area (Å²) >= 11 is 0. The number of aromatic nitrogens is 2. The summed E-state index contributed by atoms with van der Waals surface area (Å²) in [7, 11) is 3.87. The van der Waals surface area contributed by atoms with E-state index >= 15 is 0 Å². The number of hydrogen-bond donors (Lipinski definition) is 2. The third-order valence-electron chi connectivity index (χ3n) is 3.84. The molecule has 120 valence electrons. The van der Waals surface area contributed by atoms with Gasteiger partial charge in [0.15, 0.2) is 5.82 Å². The Morgan fingerprint density at radius 3 is 2.70 bits per heavy atom. The standard InChI is InChI=1S/C16H20N6O/c1-5-22-14-11(7-10(17)8-18-14)16(23)20-13-9(2)6-12(21(3)4)19-15(13)22/h6-8H,5,17H2,1-4H3,(H,20,23). The zero-order valence-electron chi connectivity index (χ0n) is 13.7. The smallest absolute Gasteiger partial charge is 0.259 e. The summed E-state index contributed by atoms with van der Waals surface area (Å²) in [5.74, 6) is 1.87. The number of fused-ring (bicyclic) bond motifs is 2. The molecule has 7 heteroatoms. The van der Waals surface area contributed by atoms with E-state index in [1.54, 1.807) is 12.3 Å². The summed E-state index contributed by atoms with van der Waals surface area (Å²) in [5, 5.41) is 2.95. The lowest BCUT2D eigenvalue weighted by Crippen LogP contribution is -2.21. The van der Waals surface area contributed by atoms with Gasteiger partial charge in [-0.15, -0.1) is 0 Å². The first-order valence-electron chi connectivity index (χ1n) is 7.45. The van der Waals surface area contributed by atoms with Crippen LogP contribution >= 0.6 is 0 Å². The number of pyridine rings is 2. The van der Waals surface area contributed by atoms with Crippen LogP contribution in [-0.4, -0.2) is 36.5 Å². The van der Waals surface area contributed by atoms with E-state index in [1.165, 1.54) is 0 Å². The summed E-state index contributed by atoms with van der Waals surface area (Å²) in [4.78, 5) is 25.5. The Morgan fingerprint density at radius 2 is 2.04 bits per heavy atom. The predicted octanol–water partition coefficient (Wildman–Crippen LogP) is 2.16. The van der Waals surface area contributed by atoms with E-state index in [0.717, 1.165) is 11.4 Å². The highest BCUT2D eigenvalue weighted by Gasteiger charge is 2.28. The van der Waals surface area contributed by atoms with Crippen LogP contribution < -0.4 is 20.9 Å². The number of hydrogen-bond acceptors (Lipinski definition) is 6. The summed E-state index contributed by atoms with van der Waals surface area (Å²) in [5.41, 5.74) is 8.37. The lowest BCUT2D eigenvalue weighted by atomic mass is 10.2. The van der Waals surface area contributed by atoms with E-state index in [2.05, 4.69) is 10.3 Å². The fraction of sp³-hybridized carbons (Fsp3) is 0.312. The van der Waals surface area contributed by atoms with Gasteiger partial charge < -0.3 is 20.9 Å². The van der Waals surface area contributed by atoms with E-state index in [4.69, 9.17) is 10.7 Å². The molecule has 2 aromatic heterocycles. The molecule has 0 spiro atoms. The van der Waals surface area contributed by atoms with Crippen LogP contribution in [0, 0.1) is 6.92 Å². The van der Waals surface area contributed by atoms with Gasteiger partial charge in [0.2, 0.25) is 0 Å². The lowest BCUT2D eigenvalue weighted by molar-refractivity contribution is 0.102. The van der Waals surface area contributed by atoms with Crippen LogP contribution in [0.15, 0.2) is 18.3 Å². The second-order valence-electron chi connectivity index (χ2n) is 5.73. The molecule has 23 heavy (non-hydrogen) atoms. The summed E-state index contributed by atoms with van der Waals surface area (Å²) in [6, 6.07) is 3.60. The van der Waals surface area contributed by atoms with Gasteiger partial charge in [-0.05, 0) is 31.5 Å². The molecule has 0 radical (unpaired) electrons. The van der Waals surface area contributed by atoms with Gasteiger partial charge in [-0.25, -0.2) is 9.97 Å². The Bertz CT molecular complexity index is 786. The second-order valence-corrected chi connectivity index (χ2v) is 5.73. The normalized spacial score (nSPS) is 13.0. The number of carbonyl (C=O) groups is 1. The van der Waals surface area contributed by atoms with Gasteiger partial charge >= 0.3 is 0 Å². The molecule has 0 bridgehead atoms. The first kappa shape index (κ1) is 15.1. The number of nitrogens with one attached hydrogen (secondary N) is 1. The molecular weight excluding hydrogens is 292 g/mol. The van der Waals surface area contributed by atoms with Crippen molar-refractivity contribution in [1.29, 1.82) is 0 Å². The van der Waals surface area contributed by atoms with E-state index in [1.807, 2.05) is 43.8 Å². The molecule has 2 aromatic rings. The molecule has 7 nitrogen and oxygen atoms in total. The second kappa shape index (κ2) is 5.42. The van der Waals surface area contributed by atoms with Gasteiger partial charge in [0.05, 0.1) is 23.1 Å². The van der Waals surface area contributed by atoms with E-state index in [9.17, 15) is 4.79 Å². The minimum absolute atomic E-state index is 0.223. The highest BCUT2D eigenvalue weighted by Crippen LogP contribution is 2.38. The first-order chi connectivity index (χ1) is 10.9. The van der Waals surface area contributed by atoms with Gasteiger partial charge in [0, 0.05) is 20.6 Å². The van der Waals surface area contributed by atoms with Crippen molar-refractivity contribution in [3.8, 4) is 0 Å². The van der Waals surface area contributed by atoms with Crippen molar-refractivity contribution >= 4 is 34.7 Å². The van der Waals surface area contributed by atoms with Gasteiger partial charge in [-0.1, -0.05) is 0 Å². The number of nitrogens with zero attached hydrogens (tertiary/aromatic N) is 4. The molecule has 0 aromatic carbocycles. The molecule has 0 saturated carbocycles. The van der Waals surface area contributed by atoms with Gasteiger partial charge in [-0.2, -0.15) is 0 Å². The van der Waals surface area contributed by atoms with E-state index in [-0.39, 0.29) is 5.91 Å². The molecule has 0 unspecified atom stereocenters. The molecule has 0 atom stereocenters. The quantitative estimate of drug-likeness (QED) is 0.883. The molecule has 0 aliphatic carbocycles. The Morgan fingerprint density at radius 1 is 1.30 bits per heavy atom. The van der Waals surface area contributed by atoms with Gasteiger partial charge in [0.1, 0.15) is 11.6 Å².